The zero-order chi connectivity index (χ0) is 19.3. The highest BCUT2D eigenvalue weighted by atomic mass is 35.5. The first kappa shape index (κ1) is 18.9. The van der Waals surface area contributed by atoms with Crippen LogP contribution in [0, 0.1) is 0 Å². The number of aliphatic hydroxyl groups excluding tert-OH is 2. The van der Waals surface area contributed by atoms with Gasteiger partial charge in [-0.25, -0.2) is 0 Å². The predicted octanol–water partition coefficient (Wildman–Crippen LogP) is 4.55. The summed E-state index contributed by atoms with van der Waals surface area (Å²) in [5, 5.41) is 21.9. The van der Waals surface area contributed by atoms with E-state index in [1.807, 2.05) is 18.2 Å². The summed E-state index contributed by atoms with van der Waals surface area (Å²) in [7, 11) is 0. The second-order valence-corrected chi connectivity index (χ2v) is 8.84. The smallest absolute Gasteiger partial charge is 0.132 e. The van der Waals surface area contributed by atoms with E-state index in [0.29, 0.717) is 10.9 Å². The maximum atomic E-state index is 9.78. The maximum Gasteiger partial charge on any atom is 0.132 e. The second-order valence-electron chi connectivity index (χ2n) is 8.43. The minimum Gasteiger partial charge on any atom is -0.490 e. The van der Waals surface area contributed by atoms with Crippen LogP contribution >= 0.6 is 11.6 Å². The van der Waals surface area contributed by atoms with E-state index in [9.17, 15) is 10.2 Å². The van der Waals surface area contributed by atoms with Crippen LogP contribution in [0.3, 0.4) is 0 Å². The monoisotopic (exact) mass is 390 g/mol. The molecular weight excluding hydrogens is 364 g/mol. The lowest BCUT2D eigenvalue weighted by molar-refractivity contribution is 0.120. The lowest BCUT2D eigenvalue weighted by Gasteiger charge is -2.30. The summed E-state index contributed by atoms with van der Waals surface area (Å²) in [5.74, 6) is 2.05. The van der Waals surface area contributed by atoms with E-state index in [0.717, 1.165) is 41.5 Å². The summed E-state index contributed by atoms with van der Waals surface area (Å²) in [4.78, 5) is 0. The van der Waals surface area contributed by atoms with Crippen LogP contribution in [-0.2, 0) is 5.41 Å². The molecule has 0 amide bonds. The topological polar surface area (TPSA) is 58.9 Å². The molecule has 0 aliphatic heterocycles. The minimum atomic E-state index is -0.557. The van der Waals surface area contributed by atoms with Crippen molar-refractivity contribution >= 4 is 22.4 Å². The molecule has 5 heteroatoms. The highest BCUT2D eigenvalue weighted by molar-refractivity contribution is 6.36. The standard InChI is InChI=1S/C22H27ClO4/c1-12(24)10-26-20-15-5-4-6-16(23)18(15)21(27-11-13(2)25)17-14-7-8-22(3,9-14)19(17)20/h4-6,12-14,24-25H,7-11H2,1-3H3. The quantitative estimate of drug-likeness (QED) is 0.759. The van der Waals surface area contributed by atoms with Crippen LogP contribution in [0.1, 0.15) is 57.1 Å². The fraction of sp³-hybridized carbons (Fsp3) is 0.545. The molecule has 2 N–H and O–H groups in total. The maximum absolute atomic E-state index is 9.78. The van der Waals surface area contributed by atoms with Crippen molar-refractivity contribution in [3.05, 3.63) is 34.3 Å². The van der Waals surface area contributed by atoms with Crippen LogP contribution in [0.15, 0.2) is 18.2 Å². The highest BCUT2D eigenvalue weighted by Gasteiger charge is 2.50. The van der Waals surface area contributed by atoms with Gasteiger partial charge in [0.25, 0.3) is 0 Å². The van der Waals surface area contributed by atoms with E-state index in [1.165, 1.54) is 11.1 Å². The van der Waals surface area contributed by atoms with Gasteiger partial charge in [-0.15, -0.1) is 0 Å². The van der Waals surface area contributed by atoms with Crippen molar-refractivity contribution in [2.24, 2.45) is 0 Å². The average molecular weight is 391 g/mol. The third kappa shape index (κ3) is 3.08. The number of rotatable bonds is 6. The van der Waals surface area contributed by atoms with Crippen LogP contribution in [-0.4, -0.2) is 35.6 Å². The summed E-state index contributed by atoms with van der Waals surface area (Å²) < 4.78 is 12.3. The number of halogens is 1. The molecule has 2 bridgehead atoms. The van der Waals surface area contributed by atoms with Crippen molar-refractivity contribution in [3.8, 4) is 11.5 Å². The summed E-state index contributed by atoms with van der Waals surface area (Å²) in [6, 6.07) is 5.78. The molecule has 4 nitrogen and oxygen atoms in total. The SMILES string of the molecule is CC(O)COc1c2c(c(OCC(C)O)c3c(Cl)cccc13)C1CCC2(C)C1. The van der Waals surface area contributed by atoms with Crippen molar-refractivity contribution in [1.29, 1.82) is 0 Å². The third-order valence-electron chi connectivity index (χ3n) is 5.92. The Labute approximate surface area is 165 Å². The molecule has 2 aromatic rings. The summed E-state index contributed by atoms with van der Waals surface area (Å²) >= 11 is 6.60. The molecule has 1 fully saturated rings. The van der Waals surface area contributed by atoms with E-state index in [2.05, 4.69) is 6.92 Å². The van der Waals surface area contributed by atoms with Crippen molar-refractivity contribution in [2.45, 2.75) is 63.6 Å². The number of benzene rings is 2. The van der Waals surface area contributed by atoms with Gasteiger partial charge >= 0.3 is 0 Å². The minimum absolute atomic E-state index is 0.0491. The molecule has 146 valence electrons. The van der Waals surface area contributed by atoms with Gasteiger partial charge in [0.2, 0.25) is 0 Å². The Balaban J connectivity index is 2.00. The molecule has 0 spiro atoms. The Morgan fingerprint density at radius 2 is 1.81 bits per heavy atom. The van der Waals surface area contributed by atoms with Gasteiger partial charge in [-0.2, -0.15) is 0 Å². The lowest BCUT2D eigenvalue weighted by Crippen LogP contribution is -2.21. The van der Waals surface area contributed by atoms with Gasteiger partial charge in [0.05, 0.1) is 17.2 Å². The summed E-state index contributed by atoms with van der Waals surface area (Å²) in [5.41, 5.74) is 2.44. The Bertz CT molecular complexity index is 876. The van der Waals surface area contributed by atoms with Gasteiger partial charge in [-0.3, -0.25) is 0 Å². The third-order valence-corrected chi connectivity index (χ3v) is 6.23. The Kier molecular flexibility index (Phi) is 4.77. The first-order chi connectivity index (χ1) is 12.8. The number of hydrogen-bond donors (Lipinski definition) is 2. The summed E-state index contributed by atoms with van der Waals surface area (Å²) in [6.45, 7) is 6.20. The average Bonchev–Trinajstić information content (AvgIpc) is 3.12. The fourth-order valence-corrected chi connectivity index (χ4v) is 5.12. The molecule has 1 saturated carbocycles. The lowest BCUT2D eigenvalue weighted by atomic mass is 9.78. The van der Waals surface area contributed by atoms with Gasteiger partial charge < -0.3 is 19.7 Å². The van der Waals surface area contributed by atoms with Gasteiger partial charge in [0, 0.05) is 21.9 Å². The van der Waals surface area contributed by atoms with Crippen LogP contribution in [0.25, 0.3) is 10.8 Å². The van der Waals surface area contributed by atoms with Crippen LogP contribution in [0.5, 0.6) is 11.5 Å². The van der Waals surface area contributed by atoms with Gasteiger partial charge in [0.15, 0.2) is 0 Å². The molecule has 2 aliphatic rings. The highest BCUT2D eigenvalue weighted by Crippen LogP contribution is 2.64. The van der Waals surface area contributed by atoms with E-state index in [-0.39, 0.29) is 18.6 Å². The summed E-state index contributed by atoms with van der Waals surface area (Å²) in [6.07, 6.45) is 2.22. The Hall–Kier alpha value is -1.49. The van der Waals surface area contributed by atoms with E-state index < -0.39 is 12.2 Å². The second kappa shape index (κ2) is 6.84. The van der Waals surface area contributed by atoms with Crippen LogP contribution in [0.4, 0.5) is 0 Å². The van der Waals surface area contributed by atoms with Crippen LogP contribution in [0.2, 0.25) is 5.02 Å². The zero-order valence-electron chi connectivity index (χ0n) is 16.1. The fourth-order valence-electron chi connectivity index (χ4n) is 4.86. The van der Waals surface area contributed by atoms with Crippen molar-refractivity contribution in [3.63, 3.8) is 0 Å². The molecule has 0 saturated heterocycles. The van der Waals surface area contributed by atoms with Crippen molar-refractivity contribution in [1.82, 2.24) is 0 Å². The Morgan fingerprint density at radius 1 is 1.15 bits per heavy atom. The molecule has 2 aliphatic carbocycles. The van der Waals surface area contributed by atoms with E-state index in [1.54, 1.807) is 13.8 Å². The number of ether oxygens (including phenoxy) is 2. The predicted molar refractivity (Wildman–Crippen MR) is 107 cm³/mol. The first-order valence-corrected chi connectivity index (χ1v) is 10.1. The molecule has 4 atom stereocenters. The van der Waals surface area contributed by atoms with Gasteiger partial charge in [-0.1, -0.05) is 30.7 Å². The van der Waals surface area contributed by atoms with Crippen LogP contribution < -0.4 is 9.47 Å². The number of aliphatic hydroxyl groups is 2. The Morgan fingerprint density at radius 3 is 2.48 bits per heavy atom. The van der Waals surface area contributed by atoms with E-state index in [4.69, 9.17) is 21.1 Å². The molecule has 0 aromatic heterocycles. The normalized spacial score (nSPS) is 25.5. The van der Waals surface area contributed by atoms with Crippen molar-refractivity contribution < 1.29 is 19.7 Å². The molecule has 27 heavy (non-hydrogen) atoms. The molecular formula is C22H27ClO4. The molecule has 0 radical (unpaired) electrons. The number of fused-ring (bicyclic) bond motifs is 6. The molecule has 0 heterocycles. The van der Waals surface area contributed by atoms with Gasteiger partial charge in [-0.05, 0) is 50.5 Å². The molecule has 4 rings (SSSR count). The van der Waals surface area contributed by atoms with E-state index >= 15 is 0 Å². The zero-order valence-corrected chi connectivity index (χ0v) is 16.8. The van der Waals surface area contributed by atoms with Crippen molar-refractivity contribution in [2.75, 3.05) is 13.2 Å². The van der Waals surface area contributed by atoms with Gasteiger partial charge in [0.1, 0.15) is 24.7 Å². The largest absolute Gasteiger partial charge is 0.490 e. The molecule has 4 unspecified atom stereocenters. The first-order valence-electron chi connectivity index (χ1n) is 9.72. The molecule has 2 aromatic carbocycles. The number of hydrogen-bond acceptors (Lipinski definition) is 4.